The van der Waals surface area contributed by atoms with E-state index in [1.165, 1.54) is 0 Å². The zero-order valence-electron chi connectivity index (χ0n) is 15.7. The second kappa shape index (κ2) is 7.28. The lowest BCUT2D eigenvalue weighted by Gasteiger charge is -2.35. The number of ether oxygens (including phenoxy) is 1. The molecule has 0 bridgehead atoms. The van der Waals surface area contributed by atoms with E-state index in [1.807, 2.05) is 38.1 Å². The molecule has 7 nitrogen and oxygen atoms in total. The lowest BCUT2D eigenvalue weighted by molar-refractivity contribution is 0.242. The third-order valence-electron chi connectivity index (χ3n) is 4.47. The molecule has 8 heteroatoms. The van der Waals surface area contributed by atoms with Crippen molar-refractivity contribution >= 4 is 15.7 Å². The molecule has 1 aromatic carbocycles. The largest absolute Gasteiger partial charge is 0.491 e. The van der Waals surface area contributed by atoms with Crippen molar-refractivity contribution in [3.8, 4) is 5.75 Å². The van der Waals surface area contributed by atoms with Gasteiger partial charge in [0.05, 0.1) is 17.5 Å². The molecule has 1 aromatic heterocycles. The fourth-order valence-electron chi connectivity index (χ4n) is 3.24. The minimum absolute atomic E-state index is 0.143. The number of hydrogen-bond donors (Lipinski definition) is 1. The monoisotopic (exact) mass is 378 g/mol. The molecule has 1 fully saturated rings. The van der Waals surface area contributed by atoms with E-state index >= 15 is 0 Å². The van der Waals surface area contributed by atoms with Crippen LogP contribution in [0.15, 0.2) is 29.2 Å². The molecule has 0 amide bonds. The summed E-state index contributed by atoms with van der Waals surface area (Å²) in [5, 5.41) is 6.77. The van der Waals surface area contributed by atoms with Crippen LogP contribution in [0.25, 0.3) is 0 Å². The molecule has 0 radical (unpaired) electrons. The summed E-state index contributed by atoms with van der Waals surface area (Å²) in [7, 11) is -3.51. The molecule has 0 atom stereocenters. The summed E-state index contributed by atoms with van der Waals surface area (Å²) >= 11 is 0. The van der Waals surface area contributed by atoms with Gasteiger partial charge in [0.2, 0.25) is 10.0 Å². The van der Waals surface area contributed by atoms with Gasteiger partial charge in [-0.2, -0.15) is 9.40 Å². The number of aryl methyl sites for hydroxylation is 2. The SMILES string of the molecule is Cc1n[nH]c(C)c1S(=O)(=O)N1CCN(c2ccc(OC(C)C)cc2)CC1. The highest BCUT2D eigenvalue weighted by Crippen LogP contribution is 2.25. The molecule has 1 aliphatic rings. The molecule has 0 unspecified atom stereocenters. The van der Waals surface area contributed by atoms with Crippen molar-refractivity contribution in [1.29, 1.82) is 0 Å². The number of sulfonamides is 1. The maximum atomic E-state index is 12.9. The zero-order chi connectivity index (χ0) is 18.9. The quantitative estimate of drug-likeness (QED) is 0.864. The number of piperazine rings is 1. The van der Waals surface area contributed by atoms with E-state index in [9.17, 15) is 8.42 Å². The summed E-state index contributed by atoms with van der Waals surface area (Å²) in [6.45, 7) is 9.66. The van der Waals surface area contributed by atoms with Gasteiger partial charge < -0.3 is 9.64 Å². The van der Waals surface area contributed by atoms with E-state index in [1.54, 1.807) is 18.2 Å². The van der Waals surface area contributed by atoms with E-state index in [0.29, 0.717) is 42.5 Å². The van der Waals surface area contributed by atoms with Gasteiger partial charge in [-0.15, -0.1) is 0 Å². The minimum Gasteiger partial charge on any atom is -0.491 e. The highest BCUT2D eigenvalue weighted by Gasteiger charge is 2.32. The topological polar surface area (TPSA) is 78.5 Å². The van der Waals surface area contributed by atoms with Crippen LogP contribution in [0.5, 0.6) is 5.75 Å². The second-order valence-electron chi connectivity index (χ2n) is 6.81. The number of nitrogens with one attached hydrogen (secondary N) is 1. The van der Waals surface area contributed by atoms with E-state index < -0.39 is 10.0 Å². The molecule has 0 saturated carbocycles. The van der Waals surface area contributed by atoms with Crippen molar-refractivity contribution in [3.63, 3.8) is 0 Å². The van der Waals surface area contributed by atoms with Crippen LogP contribution in [-0.4, -0.2) is 55.2 Å². The number of H-pyrrole nitrogens is 1. The third kappa shape index (κ3) is 3.71. The van der Waals surface area contributed by atoms with Crippen molar-refractivity contribution < 1.29 is 13.2 Å². The Morgan fingerprint density at radius 1 is 1.08 bits per heavy atom. The number of benzene rings is 1. The minimum atomic E-state index is -3.51. The fraction of sp³-hybridized carbons (Fsp3) is 0.500. The highest BCUT2D eigenvalue weighted by atomic mass is 32.2. The summed E-state index contributed by atoms with van der Waals surface area (Å²) in [4.78, 5) is 2.50. The average molecular weight is 378 g/mol. The number of rotatable bonds is 5. The van der Waals surface area contributed by atoms with E-state index in [4.69, 9.17) is 4.74 Å². The maximum Gasteiger partial charge on any atom is 0.246 e. The van der Waals surface area contributed by atoms with Crippen LogP contribution in [0.1, 0.15) is 25.2 Å². The normalized spacial score (nSPS) is 16.3. The van der Waals surface area contributed by atoms with Crippen LogP contribution in [0.4, 0.5) is 5.69 Å². The van der Waals surface area contributed by atoms with Gasteiger partial charge >= 0.3 is 0 Å². The first kappa shape index (κ1) is 18.7. The van der Waals surface area contributed by atoms with Gasteiger partial charge in [0, 0.05) is 31.9 Å². The number of anilines is 1. The van der Waals surface area contributed by atoms with E-state index in [-0.39, 0.29) is 6.10 Å². The standard InChI is InChI=1S/C18H26N4O3S/c1-13(2)25-17-7-5-16(6-8-17)21-9-11-22(12-10-21)26(23,24)18-14(3)19-20-15(18)4/h5-8,13H,9-12H2,1-4H3,(H,19,20). The third-order valence-corrected chi connectivity index (χ3v) is 6.63. The Bertz CT molecular complexity index is 832. The molecule has 2 aromatic rings. The number of aromatic amines is 1. The maximum absolute atomic E-state index is 12.9. The van der Waals surface area contributed by atoms with Gasteiger partial charge in [-0.25, -0.2) is 8.42 Å². The van der Waals surface area contributed by atoms with Crippen molar-refractivity contribution in [1.82, 2.24) is 14.5 Å². The molecule has 26 heavy (non-hydrogen) atoms. The summed E-state index contributed by atoms with van der Waals surface area (Å²) in [5.41, 5.74) is 2.19. The lowest BCUT2D eigenvalue weighted by atomic mass is 10.2. The number of nitrogens with zero attached hydrogens (tertiary/aromatic N) is 3. The van der Waals surface area contributed by atoms with Crippen molar-refractivity contribution in [3.05, 3.63) is 35.7 Å². The second-order valence-corrected chi connectivity index (χ2v) is 8.69. The molecule has 2 heterocycles. The van der Waals surface area contributed by atoms with Crippen LogP contribution in [0.2, 0.25) is 0 Å². The van der Waals surface area contributed by atoms with Crippen molar-refractivity contribution in [2.45, 2.75) is 38.7 Å². The van der Waals surface area contributed by atoms with Crippen LogP contribution in [0, 0.1) is 13.8 Å². The van der Waals surface area contributed by atoms with Gasteiger partial charge in [-0.3, -0.25) is 5.10 Å². The fourth-order valence-corrected chi connectivity index (χ4v) is 5.00. The molecule has 0 aliphatic carbocycles. The molecule has 1 saturated heterocycles. The van der Waals surface area contributed by atoms with Crippen molar-refractivity contribution in [2.24, 2.45) is 0 Å². The van der Waals surface area contributed by atoms with Gasteiger partial charge in [0.25, 0.3) is 0 Å². The lowest BCUT2D eigenvalue weighted by Crippen LogP contribution is -2.48. The number of aromatic nitrogens is 2. The highest BCUT2D eigenvalue weighted by molar-refractivity contribution is 7.89. The summed E-state index contributed by atoms with van der Waals surface area (Å²) < 4.78 is 33.0. The zero-order valence-corrected chi connectivity index (χ0v) is 16.5. The molecule has 0 spiro atoms. The Kier molecular flexibility index (Phi) is 5.24. The first-order chi connectivity index (χ1) is 12.3. The molecule has 1 N–H and O–H groups in total. The van der Waals surface area contributed by atoms with Gasteiger partial charge in [0.1, 0.15) is 10.6 Å². The molecule has 3 rings (SSSR count). The van der Waals surface area contributed by atoms with Crippen LogP contribution >= 0.6 is 0 Å². The van der Waals surface area contributed by atoms with Crippen molar-refractivity contribution in [2.75, 3.05) is 31.1 Å². The first-order valence-corrected chi connectivity index (χ1v) is 10.3. The molecule has 1 aliphatic heterocycles. The Balaban J connectivity index is 1.67. The Labute approximate surface area is 155 Å². The van der Waals surface area contributed by atoms with Gasteiger partial charge in [-0.1, -0.05) is 0 Å². The Morgan fingerprint density at radius 2 is 1.69 bits per heavy atom. The molecule has 142 valence electrons. The predicted molar refractivity (Wildman–Crippen MR) is 101 cm³/mol. The van der Waals surface area contributed by atoms with E-state index in [0.717, 1.165) is 11.4 Å². The Hall–Kier alpha value is -2.06. The summed E-state index contributed by atoms with van der Waals surface area (Å²) in [5.74, 6) is 0.843. The average Bonchev–Trinajstić information content (AvgIpc) is 2.94. The van der Waals surface area contributed by atoms with Crippen LogP contribution in [0.3, 0.4) is 0 Å². The number of hydrogen-bond acceptors (Lipinski definition) is 5. The molecular formula is C18H26N4O3S. The summed E-state index contributed by atoms with van der Waals surface area (Å²) in [6, 6.07) is 7.95. The van der Waals surface area contributed by atoms with E-state index in [2.05, 4.69) is 15.1 Å². The molecular weight excluding hydrogens is 352 g/mol. The van der Waals surface area contributed by atoms with Gasteiger partial charge in [-0.05, 0) is 52.0 Å². The smallest absolute Gasteiger partial charge is 0.246 e. The Morgan fingerprint density at radius 3 is 2.19 bits per heavy atom. The van der Waals surface area contributed by atoms with Gasteiger partial charge in [0.15, 0.2) is 0 Å². The first-order valence-electron chi connectivity index (χ1n) is 8.82. The van der Waals surface area contributed by atoms with Crippen LogP contribution < -0.4 is 9.64 Å². The van der Waals surface area contributed by atoms with Crippen LogP contribution in [-0.2, 0) is 10.0 Å². The predicted octanol–water partition coefficient (Wildman–Crippen LogP) is 2.32. The summed E-state index contributed by atoms with van der Waals surface area (Å²) in [6.07, 6.45) is 0.143.